The van der Waals surface area contributed by atoms with Gasteiger partial charge in [-0.15, -0.1) is 0 Å². The van der Waals surface area contributed by atoms with Gasteiger partial charge < -0.3 is 4.74 Å². The van der Waals surface area contributed by atoms with Crippen LogP contribution in [0, 0.1) is 5.41 Å². The number of carbonyl (C=O) groups excluding carboxylic acids is 1. The van der Waals surface area contributed by atoms with Crippen molar-refractivity contribution in [3.63, 3.8) is 0 Å². The van der Waals surface area contributed by atoms with E-state index in [9.17, 15) is 4.79 Å². The molecule has 1 unspecified atom stereocenters. The van der Waals surface area contributed by atoms with Crippen LogP contribution in [0.2, 0.25) is 0 Å². The molecule has 1 saturated carbocycles. The molecule has 0 bridgehead atoms. The second-order valence-electron chi connectivity index (χ2n) is 5.75. The molecule has 0 amide bonds. The van der Waals surface area contributed by atoms with Crippen molar-refractivity contribution in [2.24, 2.45) is 5.41 Å². The molecule has 94 valence electrons. The molecule has 3 rings (SSSR count). The molecule has 18 heavy (non-hydrogen) atoms. The first-order valence-corrected chi connectivity index (χ1v) is 6.54. The molecule has 1 spiro atoms. The van der Waals surface area contributed by atoms with E-state index in [0.717, 1.165) is 12.8 Å². The van der Waals surface area contributed by atoms with Crippen LogP contribution >= 0.6 is 0 Å². The number of hydrogen-bond donors (Lipinski definition) is 0. The summed E-state index contributed by atoms with van der Waals surface area (Å²) in [7, 11) is 0. The van der Waals surface area contributed by atoms with Gasteiger partial charge in [0.15, 0.2) is 0 Å². The topological polar surface area (TPSA) is 26.3 Å². The van der Waals surface area contributed by atoms with Crippen LogP contribution < -0.4 is 0 Å². The van der Waals surface area contributed by atoms with E-state index >= 15 is 0 Å². The zero-order valence-corrected chi connectivity index (χ0v) is 10.7. The van der Waals surface area contributed by atoms with Crippen LogP contribution in [0.25, 0.3) is 0 Å². The van der Waals surface area contributed by atoms with Crippen molar-refractivity contribution in [2.75, 3.05) is 0 Å². The van der Waals surface area contributed by atoms with Crippen LogP contribution in [0.5, 0.6) is 0 Å². The average molecular weight is 242 g/mol. The lowest BCUT2D eigenvalue weighted by Crippen LogP contribution is -2.23. The van der Waals surface area contributed by atoms with Crippen molar-refractivity contribution in [3.8, 4) is 0 Å². The number of ether oxygens (including phenoxy) is 1. The number of carbonyl (C=O) groups is 1. The molecule has 2 aliphatic carbocycles. The van der Waals surface area contributed by atoms with E-state index < -0.39 is 0 Å². The molecule has 1 fully saturated rings. The van der Waals surface area contributed by atoms with Crippen molar-refractivity contribution in [2.45, 2.75) is 38.7 Å². The van der Waals surface area contributed by atoms with Crippen molar-refractivity contribution in [1.82, 2.24) is 0 Å². The molecule has 1 aromatic rings. The van der Waals surface area contributed by atoms with Crippen LogP contribution in [0.3, 0.4) is 0 Å². The molecule has 2 heteroatoms. The Hall–Kier alpha value is -1.57. The highest BCUT2D eigenvalue weighted by atomic mass is 16.5. The molecule has 2 nitrogen and oxygen atoms in total. The smallest absolute Gasteiger partial charge is 0.333 e. The molecule has 0 aliphatic heterocycles. The summed E-state index contributed by atoms with van der Waals surface area (Å²) in [6.07, 6.45) is 4.57. The zero-order valence-electron chi connectivity index (χ0n) is 10.7. The molecule has 0 saturated heterocycles. The molecular weight excluding hydrogens is 224 g/mol. The lowest BCUT2D eigenvalue weighted by molar-refractivity contribution is -0.146. The first-order valence-electron chi connectivity index (χ1n) is 6.54. The first kappa shape index (κ1) is 11.5. The molecule has 0 aromatic heterocycles. The van der Waals surface area contributed by atoms with Crippen LogP contribution in [0.15, 0.2) is 36.4 Å². The maximum atomic E-state index is 11.7. The minimum absolute atomic E-state index is 0.0818. The fraction of sp³-hybridized carbons (Fsp3) is 0.438. The van der Waals surface area contributed by atoms with E-state index in [1.165, 1.54) is 24.0 Å². The predicted octanol–water partition coefficient (Wildman–Crippen LogP) is 3.57. The molecule has 1 atom stereocenters. The summed E-state index contributed by atoms with van der Waals surface area (Å²) in [4.78, 5) is 11.7. The van der Waals surface area contributed by atoms with Crippen LogP contribution in [-0.4, -0.2) is 5.97 Å². The Morgan fingerprint density at radius 1 is 1.39 bits per heavy atom. The first-order chi connectivity index (χ1) is 8.60. The third-order valence-corrected chi connectivity index (χ3v) is 4.14. The number of esters is 1. The normalized spacial score (nSPS) is 23.3. The highest BCUT2D eigenvalue weighted by Crippen LogP contribution is 2.58. The van der Waals surface area contributed by atoms with E-state index in [1.807, 2.05) is 6.07 Å². The number of hydrogen-bond acceptors (Lipinski definition) is 2. The SMILES string of the molecule is C=C(C)C(=O)OC1CC2(CC2)Cc2ccccc21. The number of fused-ring (bicyclic) bond motifs is 1. The van der Waals surface area contributed by atoms with Crippen molar-refractivity contribution in [1.29, 1.82) is 0 Å². The molecular formula is C16H18O2. The monoisotopic (exact) mass is 242 g/mol. The van der Waals surface area contributed by atoms with Gasteiger partial charge in [0, 0.05) is 5.57 Å². The predicted molar refractivity (Wildman–Crippen MR) is 70.1 cm³/mol. The largest absolute Gasteiger partial charge is 0.454 e. The van der Waals surface area contributed by atoms with Gasteiger partial charge in [-0.3, -0.25) is 0 Å². The molecule has 0 radical (unpaired) electrons. The summed E-state index contributed by atoms with van der Waals surface area (Å²) in [6, 6.07) is 8.33. The van der Waals surface area contributed by atoms with E-state index in [0.29, 0.717) is 11.0 Å². The van der Waals surface area contributed by atoms with Gasteiger partial charge in [-0.2, -0.15) is 0 Å². The lowest BCUT2D eigenvalue weighted by Gasteiger charge is -2.31. The summed E-state index contributed by atoms with van der Waals surface area (Å²) in [5.74, 6) is -0.271. The van der Waals surface area contributed by atoms with E-state index in [2.05, 4.69) is 24.8 Å². The van der Waals surface area contributed by atoms with Crippen molar-refractivity contribution in [3.05, 3.63) is 47.5 Å². The van der Waals surface area contributed by atoms with Gasteiger partial charge in [-0.25, -0.2) is 4.79 Å². The Kier molecular flexibility index (Phi) is 2.54. The Morgan fingerprint density at radius 3 is 2.78 bits per heavy atom. The fourth-order valence-corrected chi connectivity index (χ4v) is 2.88. The van der Waals surface area contributed by atoms with E-state index in [4.69, 9.17) is 4.74 Å². The van der Waals surface area contributed by atoms with Crippen LogP contribution in [-0.2, 0) is 16.0 Å². The summed E-state index contributed by atoms with van der Waals surface area (Å²) in [5, 5.41) is 0. The zero-order chi connectivity index (χ0) is 12.8. The standard InChI is InChI=1S/C16H18O2/c1-11(2)15(17)18-14-10-16(7-8-16)9-12-5-3-4-6-13(12)14/h3-6,14H,1,7-10H2,2H3. The second-order valence-corrected chi connectivity index (χ2v) is 5.75. The number of benzene rings is 1. The van der Waals surface area contributed by atoms with E-state index in [1.54, 1.807) is 6.92 Å². The average Bonchev–Trinajstić information content (AvgIpc) is 3.08. The number of rotatable bonds is 2. The quantitative estimate of drug-likeness (QED) is 0.585. The third-order valence-electron chi connectivity index (χ3n) is 4.14. The fourth-order valence-electron chi connectivity index (χ4n) is 2.88. The van der Waals surface area contributed by atoms with Gasteiger partial charge >= 0.3 is 5.97 Å². The van der Waals surface area contributed by atoms with Gasteiger partial charge in [0.2, 0.25) is 0 Å². The minimum atomic E-state index is -0.271. The van der Waals surface area contributed by atoms with Crippen LogP contribution in [0.4, 0.5) is 0 Å². The Bertz CT molecular complexity index is 512. The van der Waals surface area contributed by atoms with Crippen LogP contribution in [0.1, 0.15) is 43.4 Å². The summed E-state index contributed by atoms with van der Waals surface area (Å²) in [5.41, 5.74) is 3.42. The third kappa shape index (κ3) is 1.96. The molecule has 0 N–H and O–H groups in total. The van der Waals surface area contributed by atoms with Crippen molar-refractivity contribution < 1.29 is 9.53 Å². The van der Waals surface area contributed by atoms with Gasteiger partial charge in [0.1, 0.15) is 6.10 Å². The maximum Gasteiger partial charge on any atom is 0.333 e. The van der Waals surface area contributed by atoms with Gasteiger partial charge in [-0.05, 0) is 49.1 Å². The van der Waals surface area contributed by atoms with Gasteiger partial charge in [0.05, 0.1) is 0 Å². The van der Waals surface area contributed by atoms with E-state index in [-0.39, 0.29) is 12.1 Å². The Labute approximate surface area is 108 Å². The Balaban J connectivity index is 1.89. The lowest BCUT2D eigenvalue weighted by atomic mass is 9.79. The highest BCUT2D eigenvalue weighted by molar-refractivity contribution is 5.87. The van der Waals surface area contributed by atoms with Gasteiger partial charge in [0.25, 0.3) is 0 Å². The summed E-state index contributed by atoms with van der Waals surface area (Å²) in [6.45, 7) is 5.35. The molecule has 0 heterocycles. The minimum Gasteiger partial charge on any atom is -0.454 e. The summed E-state index contributed by atoms with van der Waals surface area (Å²) >= 11 is 0. The van der Waals surface area contributed by atoms with Crippen molar-refractivity contribution >= 4 is 5.97 Å². The second kappa shape index (κ2) is 3.98. The molecule has 2 aliphatic rings. The Morgan fingerprint density at radius 2 is 2.11 bits per heavy atom. The summed E-state index contributed by atoms with van der Waals surface area (Å²) < 4.78 is 5.62. The molecule has 1 aromatic carbocycles. The highest BCUT2D eigenvalue weighted by Gasteiger charge is 2.48. The van der Waals surface area contributed by atoms with Gasteiger partial charge in [-0.1, -0.05) is 30.8 Å². The maximum absolute atomic E-state index is 11.7.